The summed E-state index contributed by atoms with van der Waals surface area (Å²) < 4.78 is 13.4. The van der Waals surface area contributed by atoms with E-state index in [2.05, 4.69) is 17.1 Å². The first-order valence-electron chi connectivity index (χ1n) is 6.90. The lowest BCUT2D eigenvalue weighted by Crippen LogP contribution is -2.19. The molecule has 22 heavy (non-hydrogen) atoms. The summed E-state index contributed by atoms with van der Waals surface area (Å²) in [6.07, 6.45) is 1.47. The van der Waals surface area contributed by atoms with Crippen molar-refractivity contribution in [1.82, 2.24) is 4.57 Å². The van der Waals surface area contributed by atoms with Crippen molar-refractivity contribution in [3.63, 3.8) is 0 Å². The summed E-state index contributed by atoms with van der Waals surface area (Å²) in [5.41, 5.74) is 2.23. The molecule has 0 aliphatic rings. The van der Waals surface area contributed by atoms with Crippen LogP contribution in [0.15, 0.2) is 46.0 Å². The van der Waals surface area contributed by atoms with Crippen LogP contribution in [0, 0.1) is 6.92 Å². The van der Waals surface area contributed by atoms with E-state index in [0.717, 1.165) is 10.2 Å². The number of aromatic nitrogens is 1. The second-order valence-corrected chi connectivity index (χ2v) is 5.90. The van der Waals surface area contributed by atoms with Crippen LogP contribution in [0.2, 0.25) is 0 Å². The minimum atomic E-state index is -0.376. The third-order valence-electron chi connectivity index (χ3n) is 3.29. The lowest BCUT2D eigenvalue weighted by atomic mass is 10.2. The van der Waals surface area contributed by atoms with E-state index in [0.29, 0.717) is 18.0 Å². The van der Waals surface area contributed by atoms with Crippen LogP contribution in [-0.2, 0) is 11.3 Å². The molecule has 1 aromatic carbocycles. The van der Waals surface area contributed by atoms with Crippen molar-refractivity contribution < 1.29 is 13.9 Å². The molecular formula is C16H16N2O3S. The number of nitrogens with zero attached hydrogens (tertiary/aromatic N) is 2. The molecule has 114 valence electrons. The Morgan fingerprint density at radius 2 is 2.27 bits per heavy atom. The predicted octanol–water partition coefficient (Wildman–Crippen LogP) is 2.99. The van der Waals surface area contributed by atoms with Gasteiger partial charge in [0.25, 0.3) is 0 Å². The number of ether oxygens (including phenoxy) is 1. The minimum Gasteiger partial charge on any atom is -0.459 e. The van der Waals surface area contributed by atoms with Gasteiger partial charge in [0.15, 0.2) is 10.6 Å². The summed E-state index contributed by atoms with van der Waals surface area (Å²) in [7, 11) is 1.66. The number of hydrogen-bond donors (Lipinski definition) is 0. The highest BCUT2D eigenvalue weighted by Crippen LogP contribution is 2.19. The quantitative estimate of drug-likeness (QED) is 0.743. The second-order valence-electron chi connectivity index (χ2n) is 4.89. The van der Waals surface area contributed by atoms with Gasteiger partial charge in [0, 0.05) is 13.7 Å². The maximum Gasteiger partial charge on any atom is 0.315 e. The summed E-state index contributed by atoms with van der Waals surface area (Å²) in [6.45, 7) is 3.25. The Labute approximate surface area is 131 Å². The zero-order chi connectivity index (χ0) is 15.5. The Balaban J connectivity index is 2.12. The van der Waals surface area contributed by atoms with E-state index in [-0.39, 0.29) is 11.7 Å². The monoisotopic (exact) mass is 316 g/mol. The number of benzene rings is 1. The van der Waals surface area contributed by atoms with Crippen LogP contribution in [0.3, 0.4) is 0 Å². The second kappa shape index (κ2) is 6.29. The summed E-state index contributed by atoms with van der Waals surface area (Å²) in [5.74, 6) is -0.133. The predicted molar refractivity (Wildman–Crippen MR) is 85.0 cm³/mol. The Morgan fingerprint density at radius 3 is 3.00 bits per heavy atom. The molecule has 2 aromatic heterocycles. The summed E-state index contributed by atoms with van der Waals surface area (Å²) in [6, 6.07) is 9.49. The Bertz CT molecular complexity index is 859. The molecule has 0 N–H and O–H groups in total. The SMILES string of the molecule is COCCn1c(=NC(=O)c2ccco2)sc2cc(C)ccc21. The van der Waals surface area contributed by atoms with Gasteiger partial charge in [0.1, 0.15) is 0 Å². The molecule has 0 saturated heterocycles. The standard InChI is InChI=1S/C16H16N2O3S/c1-11-5-6-12-14(10-11)22-16(18(12)7-9-20-2)17-15(19)13-4-3-8-21-13/h3-6,8,10H,7,9H2,1-2H3. The number of methoxy groups -OCH3 is 1. The molecule has 0 aliphatic carbocycles. The smallest absolute Gasteiger partial charge is 0.315 e. The first-order valence-corrected chi connectivity index (χ1v) is 7.72. The van der Waals surface area contributed by atoms with Crippen molar-refractivity contribution in [2.45, 2.75) is 13.5 Å². The van der Waals surface area contributed by atoms with Gasteiger partial charge in [-0.3, -0.25) is 4.79 Å². The first kappa shape index (κ1) is 14.7. The molecule has 2 heterocycles. The van der Waals surface area contributed by atoms with Gasteiger partial charge >= 0.3 is 5.91 Å². The third kappa shape index (κ3) is 2.88. The van der Waals surface area contributed by atoms with Gasteiger partial charge in [0.05, 0.1) is 23.1 Å². The van der Waals surface area contributed by atoms with E-state index in [1.54, 1.807) is 19.2 Å². The molecule has 6 heteroatoms. The number of furan rings is 1. The molecule has 0 saturated carbocycles. The van der Waals surface area contributed by atoms with E-state index in [4.69, 9.17) is 9.15 Å². The molecule has 3 aromatic rings. The molecule has 0 atom stereocenters. The molecule has 5 nitrogen and oxygen atoms in total. The number of rotatable bonds is 4. The van der Waals surface area contributed by atoms with Crippen LogP contribution in [-0.4, -0.2) is 24.2 Å². The van der Waals surface area contributed by atoms with Crippen LogP contribution in [0.5, 0.6) is 0 Å². The van der Waals surface area contributed by atoms with Gasteiger partial charge in [-0.05, 0) is 36.8 Å². The zero-order valence-corrected chi connectivity index (χ0v) is 13.2. The van der Waals surface area contributed by atoms with E-state index in [1.165, 1.54) is 23.2 Å². The van der Waals surface area contributed by atoms with Gasteiger partial charge < -0.3 is 13.7 Å². The highest BCUT2D eigenvalue weighted by Gasteiger charge is 2.10. The average molecular weight is 316 g/mol. The number of thiazole rings is 1. The van der Waals surface area contributed by atoms with Crippen molar-refractivity contribution in [1.29, 1.82) is 0 Å². The summed E-state index contributed by atoms with van der Waals surface area (Å²) >= 11 is 1.49. The van der Waals surface area contributed by atoms with Gasteiger partial charge in [-0.1, -0.05) is 17.4 Å². The Kier molecular flexibility index (Phi) is 4.22. The van der Waals surface area contributed by atoms with Crippen molar-refractivity contribution in [3.05, 3.63) is 52.7 Å². The lowest BCUT2D eigenvalue weighted by Gasteiger charge is -2.04. The van der Waals surface area contributed by atoms with Gasteiger partial charge in [-0.25, -0.2) is 0 Å². The molecule has 0 bridgehead atoms. The minimum absolute atomic E-state index is 0.243. The fourth-order valence-electron chi connectivity index (χ4n) is 2.21. The molecule has 3 rings (SSSR count). The number of aryl methyl sites for hydroxylation is 1. The number of amides is 1. The highest BCUT2D eigenvalue weighted by molar-refractivity contribution is 7.16. The van der Waals surface area contributed by atoms with Gasteiger partial charge in [-0.2, -0.15) is 4.99 Å². The number of carbonyl (C=O) groups excluding carboxylic acids is 1. The van der Waals surface area contributed by atoms with E-state index in [1.807, 2.05) is 17.6 Å². The maximum atomic E-state index is 12.1. The summed E-state index contributed by atoms with van der Waals surface area (Å²) in [4.78, 5) is 17.0. The average Bonchev–Trinajstić information content (AvgIpc) is 3.12. The normalized spacial score (nSPS) is 12.2. The highest BCUT2D eigenvalue weighted by atomic mass is 32.1. The van der Waals surface area contributed by atoms with E-state index >= 15 is 0 Å². The molecule has 0 fully saturated rings. The Hall–Kier alpha value is -2.18. The fraction of sp³-hybridized carbons (Fsp3) is 0.250. The Morgan fingerprint density at radius 1 is 1.41 bits per heavy atom. The molecular weight excluding hydrogens is 300 g/mol. The van der Waals surface area contributed by atoms with Crippen molar-refractivity contribution >= 4 is 27.5 Å². The topological polar surface area (TPSA) is 56.7 Å². The molecule has 0 spiro atoms. The van der Waals surface area contributed by atoms with E-state index < -0.39 is 0 Å². The fourth-order valence-corrected chi connectivity index (χ4v) is 3.36. The van der Waals surface area contributed by atoms with Gasteiger partial charge in [0.2, 0.25) is 0 Å². The number of carbonyl (C=O) groups is 1. The van der Waals surface area contributed by atoms with Crippen LogP contribution in [0.1, 0.15) is 16.1 Å². The maximum absolute atomic E-state index is 12.1. The van der Waals surface area contributed by atoms with Crippen LogP contribution in [0.25, 0.3) is 10.2 Å². The first-order chi connectivity index (χ1) is 10.7. The van der Waals surface area contributed by atoms with Crippen molar-refractivity contribution in [3.8, 4) is 0 Å². The van der Waals surface area contributed by atoms with Crippen molar-refractivity contribution in [2.75, 3.05) is 13.7 Å². The zero-order valence-electron chi connectivity index (χ0n) is 12.4. The van der Waals surface area contributed by atoms with Crippen molar-refractivity contribution in [2.24, 2.45) is 4.99 Å². The largest absolute Gasteiger partial charge is 0.459 e. The molecule has 0 unspecified atom stereocenters. The third-order valence-corrected chi connectivity index (χ3v) is 4.33. The van der Waals surface area contributed by atoms with Crippen LogP contribution >= 0.6 is 11.3 Å². The lowest BCUT2D eigenvalue weighted by molar-refractivity contribution is 0.0971. The van der Waals surface area contributed by atoms with Gasteiger partial charge in [-0.15, -0.1) is 0 Å². The number of fused-ring (bicyclic) bond motifs is 1. The molecule has 0 radical (unpaired) electrons. The van der Waals surface area contributed by atoms with Crippen LogP contribution in [0.4, 0.5) is 0 Å². The summed E-state index contributed by atoms with van der Waals surface area (Å²) in [5, 5.41) is 0. The number of hydrogen-bond acceptors (Lipinski definition) is 4. The van der Waals surface area contributed by atoms with Crippen LogP contribution < -0.4 is 4.80 Å². The van der Waals surface area contributed by atoms with E-state index in [9.17, 15) is 4.79 Å². The molecule has 1 amide bonds. The molecule has 0 aliphatic heterocycles.